The average molecular weight is 617 g/mol. The standard InChI is InChI=1S/C37H32N2O7/c1-24(40)45-35(29-20-21-38-31-19-18-28(43-2)22-30(29)31)33-36(41)46-34(27-16-10-5-11-17-27)32(26-14-8-4-9-15-26)39(33)37(42)44-23-25-12-6-3-7-13-25/h3-22,32-35H,23H2,1-2H3/t32-,33-,34+,35-/m0/s1. The Balaban J connectivity index is 1.54. The summed E-state index contributed by atoms with van der Waals surface area (Å²) in [5, 5.41) is 0.583. The van der Waals surface area contributed by atoms with E-state index < -0.39 is 42.3 Å². The molecule has 0 radical (unpaired) electrons. The van der Waals surface area contributed by atoms with E-state index in [1.165, 1.54) is 18.9 Å². The number of cyclic esters (lactones) is 1. The summed E-state index contributed by atoms with van der Waals surface area (Å²) in [5.41, 5.74) is 3.19. The van der Waals surface area contributed by atoms with E-state index >= 15 is 0 Å². The minimum Gasteiger partial charge on any atom is -0.497 e. The monoisotopic (exact) mass is 616 g/mol. The second-order valence-electron chi connectivity index (χ2n) is 10.8. The van der Waals surface area contributed by atoms with E-state index in [9.17, 15) is 14.4 Å². The van der Waals surface area contributed by atoms with E-state index in [2.05, 4.69) is 4.98 Å². The van der Waals surface area contributed by atoms with Gasteiger partial charge in [-0.2, -0.15) is 0 Å². The average Bonchev–Trinajstić information content (AvgIpc) is 3.10. The van der Waals surface area contributed by atoms with Gasteiger partial charge in [-0.3, -0.25) is 14.7 Å². The zero-order chi connectivity index (χ0) is 32.0. The molecule has 1 fully saturated rings. The predicted octanol–water partition coefficient (Wildman–Crippen LogP) is 6.89. The van der Waals surface area contributed by atoms with Crippen molar-refractivity contribution in [2.45, 2.75) is 37.8 Å². The predicted molar refractivity (Wildman–Crippen MR) is 170 cm³/mol. The number of hydrogen-bond acceptors (Lipinski definition) is 8. The molecule has 1 saturated heterocycles. The summed E-state index contributed by atoms with van der Waals surface area (Å²) in [4.78, 5) is 47.2. The molecule has 0 unspecified atom stereocenters. The van der Waals surface area contributed by atoms with Crippen LogP contribution in [-0.4, -0.2) is 41.1 Å². The molecule has 1 aromatic heterocycles. The quantitative estimate of drug-likeness (QED) is 0.137. The number of nitrogens with zero attached hydrogens (tertiary/aromatic N) is 2. The SMILES string of the molecule is COc1ccc2nccc([C@H](OC(C)=O)[C@H]3C(=O)O[C@H](c4ccccc4)[C@H](c4ccccc4)N3C(=O)OCc3ccccc3)c2c1. The molecular weight excluding hydrogens is 584 g/mol. The maximum atomic E-state index is 14.4. The molecular formula is C37H32N2O7. The van der Waals surface area contributed by atoms with Gasteiger partial charge in [0, 0.05) is 24.1 Å². The number of pyridine rings is 1. The van der Waals surface area contributed by atoms with Crippen LogP contribution in [-0.2, 0) is 30.4 Å². The summed E-state index contributed by atoms with van der Waals surface area (Å²) in [6.07, 6.45) is -1.37. The first-order chi connectivity index (χ1) is 22.4. The molecule has 1 aliphatic heterocycles. The Morgan fingerprint density at radius 3 is 2.17 bits per heavy atom. The van der Waals surface area contributed by atoms with E-state index in [-0.39, 0.29) is 6.61 Å². The van der Waals surface area contributed by atoms with Crippen molar-refractivity contribution >= 4 is 28.9 Å². The Labute approximate surface area is 266 Å². The molecule has 4 atom stereocenters. The molecule has 46 heavy (non-hydrogen) atoms. The maximum absolute atomic E-state index is 14.4. The van der Waals surface area contributed by atoms with Crippen LogP contribution in [0.1, 0.15) is 47.4 Å². The second-order valence-corrected chi connectivity index (χ2v) is 10.8. The molecule has 4 aromatic carbocycles. The van der Waals surface area contributed by atoms with Crippen molar-refractivity contribution < 1.29 is 33.3 Å². The molecule has 2 heterocycles. The second kappa shape index (κ2) is 13.5. The number of aromatic nitrogens is 1. The summed E-state index contributed by atoms with van der Waals surface area (Å²) in [5.74, 6) is -0.860. The Hall–Kier alpha value is -5.70. The first kappa shape index (κ1) is 30.3. The molecule has 1 amide bonds. The lowest BCUT2D eigenvalue weighted by Gasteiger charge is -2.46. The van der Waals surface area contributed by atoms with E-state index in [1.54, 1.807) is 30.5 Å². The van der Waals surface area contributed by atoms with Gasteiger partial charge in [0.2, 0.25) is 0 Å². The van der Waals surface area contributed by atoms with Gasteiger partial charge >= 0.3 is 18.0 Å². The van der Waals surface area contributed by atoms with Gasteiger partial charge in [0.25, 0.3) is 0 Å². The topological polar surface area (TPSA) is 104 Å². The number of methoxy groups -OCH3 is 1. The number of ether oxygens (including phenoxy) is 4. The highest BCUT2D eigenvalue weighted by Crippen LogP contribution is 2.46. The van der Waals surface area contributed by atoms with Crippen LogP contribution in [0.3, 0.4) is 0 Å². The van der Waals surface area contributed by atoms with Gasteiger partial charge in [0.15, 0.2) is 18.2 Å². The minimum atomic E-state index is -1.42. The van der Waals surface area contributed by atoms with Gasteiger partial charge in [-0.1, -0.05) is 91.0 Å². The third kappa shape index (κ3) is 6.25. The molecule has 232 valence electrons. The number of esters is 2. The van der Waals surface area contributed by atoms with E-state index in [0.29, 0.717) is 33.3 Å². The van der Waals surface area contributed by atoms with Crippen LogP contribution in [0.2, 0.25) is 0 Å². The third-order valence-corrected chi connectivity index (χ3v) is 7.92. The number of fused-ring (bicyclic) bond motifs is 1. The van der Waals surface area contributed by atoms with Gasteiger partial charge in [-0.15, -0.1) is 0 Å². The number of amides is 1. The molecule has 0 bridgehead atoms. The lowest BCUT2D eigenvalue weighted by Crippen LogP contribution is -2.57. The van der Waals surface area contributed by atoms with Gasteiger partial charge in [0.1, 0.15) is 18.4 Å². The number of hydrogen-bond donors (Lipinski definition) is 0. The molecule has 9 nitrogen and oxygen atoms in total. The van der Waals surface area contributed by atoms with Gasteiger partial charge in [-0.25, -0.2) is 9.59 Å². The van der Waals surface area contributed by atoms with Crippen LogP contribution in [0.4, 0.5) is 4.79 Å². The highest BCUT2D eigenvalue weighted by atomic mass is 16.6. The molecule has 0 spiro atoms. The fourth-order valence-electron chi connectivity index (χ4n) is 5.86. The zero-order valence-electron chi connectivity index (χ0n) is 25.3. The van der Waals surface area contributed by atoms with E-state index in [0.717, 1.165) is 5.56 Å². The van der Waals surface area contributed by atoms with Crippen LogP contribution < -0.4 is 4.74 Å². The molecule has 5 aromatic rings. The van der Waals surface area contributed by atoms with Crippen molar-refractivity contribution in [1.29, 1.82) is 0 Å². The first-order valence-electron chi connectivity index (χ1n) is 14.8. The summed E-state index contributed by atoms with van der Waals surface area (Å²) >= 11 is 0. The Bertz CT molecular complexity index is 1830. The third-order valence-electron chi connectivity index (χ3n) is 7.92. The van der Waals surface area contributed by atoms with Crippen molar-refractivity contribution in [3.63, 3.8) is 0 Å². The summed E-state index contributed by atoms with van der Waals surface area (Å²) in [7, 11) is 1.54. The summed E-state index contributed by atoms with van der Waals surface area (Å²) in [6.45, 7) is 1.22. The lowest BCUT2D eigenvalue weighted by molar-refractivity contribution is -0.185. The van der Waals surface area contributed by atoms with Crippen molar-refractivity contribution in [2.75, 3.05) is 7.11 Å². The largest absolute Gasteiger partial charge is 0.497 e. The number of benzene rings is 4. The fraction of sp³-hybridized carbons (Fsp3) is 0.189. The Kier molecular flexibility index (Phi) is 8.91. The summed E-state index contributed by atoms with van der Waals surface area (Å²) < 4.78 is 23.5. The van der Waals surface area contributed by atoms with Crippen LogP contribution in [0.25, 0.3) is 10.9 Å². The van der Waals surface area contributed by atoms with Gasteiger partial charge in [0.05, 0.1) is 12.6 Å². The number of carbonyl (C=O) groups is 3. The fourth-order valence-corrected chi connectivity index (χ4v) is 5.86. The van der Waals surface area contributed by atoms with E-state index in [4.69, 9.17) is 18.9 Å². The first-order valence-corrected chi connectivity index (χ1v) is 14.8. The van der Waals surface area contributed by atoms with E-state index in [1.807, 2.05) is 91.0 Å². The Morgan fingerprint density at radius 2 is 1.52 bits per heavy atom. The molecule has 9 heteroatoms. The highest BCUT2D eigenvalue weighted by Gasteiger charge is 2.53. The summed E-state index contributed by atoms with van der Waals surface area (Å²) in [6, 6.07) is 32.5. The number of carbonyl (C=O) groups excluding carboxylic acids is 3. The minimum absolute atomic E-state index is 0.0386. The molecule has 6 rings (SSSR count). The molecule has 0 aliphatic carbocycles. The molecule has 0 saturated carbocycles. The van der Waals surface area contributed by atoms with Gasteiger partial charge < -0.3 is 18.9 Å². The highest BCUT2D eigenvalue weighted by molar-refractivity contribution is 5.88. The normalized spacial score (nSPS) is 18.3. The van der Waals surface area contributed by atoms with Crippen molar-refractivity contribution in [3.8, 4) is 5.75 Å². The van der Waals surface area contributed by atoms with Crippen molar-refractivity contribution in [2.24, 2.45) is 0 Å². The van der Waals surface area contributed by atoms with Gasteiger partial charge in [-0.05, 0) is 41.0 Å². The van der Waals surface area contributed by atoms with Crippen molar-refractivity contribution in [1.82, 2.24) is 9.88 Å². The number of morpholine rings is 1. The smallest absolute Gasteiger partial charge is 0.411 e. The lowest BCUT2D eigenvalue weighted by atomic mass is 9.88. The Morgan fingerprint density at radius 1 is 0.870 bits per heavy atom. The molecule has 0 N–H and O–H groups in total. The van der Waals surface area contributed by atoms with Crippen LogP contribution >= 0.6 is 0 Å². The van der Waals surface area contributed by atoms with Crippen LogP contribution in [0, 0.1) is 0 Å². The number of rotatable bonds is 8. The van der Waals surface area contributed by atoms with Crippen LogP contribution in [0.15, 0.2) is 121 Å². The molecule has 1 aliphatic rings. The maximum Gasteiger partial charge on any atom is 0.411 e. The zero-order valence-corrected chi connectivity index (χ0v) is 25.3. The van der Waals surface area contributed by atoms with Crippen LogP contribution in [0.5, 0.6) is 5.75 Å². The van der Waals surface area contributed by atoms with Crippen molar-refractivity contribution in [3.05, 3.63) is 144 Å².